The van der Waals surface area contributed by atoms with E-state index in [1.807, 2.05) is 18.2 Å². The van der Waals surface area contributed by atoms with Gasteiger partial charge < -0.3 is 20.5 Å². The van der Waals surface area contributed by atoms with Gasteiger partial charge in [0, 0.05) is 22.2 Å². The van der Waals surface area contributed by atoms with Crippen LogP contribution >= 0.6 is 0 Å². The number of anilines is 2. The predicted molar refractivity (Wildman–Crippen MR) is 101 cm³/mol. The summed E-state index contributed by atoms with van der Waals surface area (Å²) in [6.07, 6.45) is 0. The molecule has 0 atom stereocenters. The number of benzene rings is 2. The van der Waals surface area contributed by atoms with Crippen LogP contribution in [0.25, 0.3) is 22.0 Å². The Labute approximate surface area is 149 Å². The number of ether oxygens (including phenoxy) is 2. The molecule has 1 heterocycles. The third kappa shape index (κ3) is 2.50. The van der Waals surface area contributed by atoms with Gasteiger partial charge in [-0.25, -0.2) is 0 Å². The fraction of sp³-hybridized carbons (Fsp3) is 0.105. The molecule has 0 spiro atoms. The second-order valence-electron chi connectivity index (χ2n) is 5.92. The molecule has 0 bridgehead atoms. The number of rotatable bonds is 5. The highest BCUT2D eigenvalue weighted by Crippen LogP contribution is 2.42. The molecule has 4 rings (SSSR count). The Hall–Kier alpha value is -3.61. The van der Waals surface area contributed by atoms with E-state index in [9.17, 15) is 4.79 Å². The molecular formula is C19H18N4O3. The molecule has 2 aromatic carbocycles. The Morgan fingerprint density at radius 3 is 2.54 bits per heavy atom. The topological polar surface area (TPSA) is 105 Å². The first-order valence-corrected chi connectivity index (χ1v) is 8.02. The molecule has 0 fully saturated rings. The molecule has 0 saturated carbocycles. The van der Waals surface area contributed by atoms with E-state index in [1.165, 1.54) is 0 Å². The molecule has 7 nitrogen and oxygen atoms in total. The summed E-state index contributed by atoms with van der Waals surface area (Å²) < 4.78 is 10.8. The summed E-state index contributed by atoms with van der Waals surface area (Å²) in [6.45, 7) is 0. The van der Waals surface area contributed by atoms with Gasteiger partial charge in [-0.05, 0) is 41.8 Å². The van der Waals surface area contributed by atoms with Gasteiger partial charge in [-0.15, -0.1) is 0 Å². The number of carbonyl (C=O) groups is 1. The molecule has 2 aromatic rings. The van der Waals surface area contributed by atoms with Gasteiger partial charge in [-0.1, -0.05) is 6.07 Å². The van der Waals surface area contributed by atoms with E-state index >= 15 is 0 Å². The highest BCUT2D eigenvalue weighted by molar-refractivity contribution is 6.05. The summed E-state index contributed by atoms with van der Waals surface area (Å²) in [7, 11) is 3.23. The van der Waals surface area contributed by atoms with Crippen LogP contribution in [0.15, 0.2) is 42.5 Å². The fourth-order valence-corrected chi connectivity index (χ4v) is 3.12. The molecule has 1 aliphatic heterocycles. The zero-order chi connectivity index (χ0) is 18.3. The summed E-state index contributed by atoms with van der Waals surface area (Å²) in [4.78, 5) is 11.4. The maximum Gasteiger partial charge on any atom is 0.248 e. The van der Waals surface area contributed by atoms with Crippen molar-refractivity contribution in [1.29, 1.82) is 0 Å². The molecule has 0 aromatic heterocycles. The number of nitrogens with two attached hydrogens (primary N) is 1. The van der Waals surface area contributed by atoms with Gasteiger partial charge in [0.15, 0.2) is 11.5 Å². The van der Waals surface area contributed by atoms with Crippen molar-refractivity contribution in [1.82, 2.24) is 10.2 Å². The van der Waals surface area contributed by atoms with Crippen LogP contribution < -0.4 is 20.5 Å². The van der Waals surface area contributed by atoms with E-state index in [0.29, 0.717) is 17.1 Å². The second kappa shape index (κ2) is 6.03. The standard InChI is InChI=1S/C19H18N4O3/c1-25-15-8-11-7-14-17(13(11)9-16(15)26-2)22-23-19(14)21-12-5-3-4-10(6-12)18(20)24/h3-9,21-23H,1-2H3,(H2,20,24). The van der Waals surface area contributed by atoms with Gasteiger partial charge >= 0.3 is 0 Å². The normalized spacial score (nSPS) is 11.0. The number of fused-ring (bicyclic) bond motifs is 3. The number of hydrogen-bond acceptors (Lipinski definition) is 4. The number of hydrogen-bond donors (Lipinski definition) is 4. The molecule has 132 valence electrons. The number of aromatic amines is 2. The minimum Gasteiger partial charge on any atom is -0.493 e. The first kappa shape index (κ1) is 15.9. The predicted octanol–water partition coefficient (Wildman–Crippen LogP) is 3.46. The second-order valence-corrected chi connectivity index (χ2v) is 5.92. The van der Waals surface area contributed by atoms with Crippen LogP contribution in [-0.2, 0) is 0 Å². The summed E-state index contributed by atoms with van der Waals surface area (Å²) in [5.41, 5.74) is 8.50. The maximum absolute atomic E-state index is 11.4. The highest BCUT2D eigenvalue weighted by Gasteiger charge is 2.19. The van der Waals surface area contributed by atoms with Gasteiger partial charge in [-0.3, -0.25) is 15.0 Å². The average Bonchev–Trinajstić information content (AvgIpc) is 3.20. The first-order valence-electron chi connectivity index (χ1n) is 8.02. The van der Waals surface area contributed by atoms with Gasteiger partial charge in [0.2, 0.25) is 5.91 Å². The number of aromatic nitrogens is 2. The third-order valence-corrected chi connectivity index (χ3v) is 4.39. The van der Waals surface area contributed by atoms with Gasteiger partial charge in [0.05, 0.1) is 19.9 Å². The Kier molecular flexibility index (Phi) is 3.69. The van der Waals surface area contributed by atoms with Crippen molar-refractivity contribution in [3.8, 4) is 22.8 Å². The zero-order valence-corrected chi connectivity index (χ0v) is 14.3. The van der Waals surface area contributed by atoms with E-state index < -0.39 is 5.91 Å². The van der Waals surface area contributed by atoms with Crippen LogP contribution in [0.3, 0.4) is 0 Å². The molecule has 2 aliphatic rings. The minimum atomic E-state index is -0.463. The molecule has 1 aliphatic carbocycles. The van der Waals surface area contributed by atoms with Crippen molar-refractivity contribution in [2.75, 3.05) is 19.5 Å². The van der Waals surface area contributed by atoms with E-state index in [1.54, 1.807) is 32.4 Å². The van der Waals surface area contributed by atoms with Crippen LogP contribution in [0.5, 0.6) is 11.5 Å². The summed E-state index contributed by atoms with van der Waals surface area (Å²) in [5, 5.41) is 11.6. The number of carbonyl (C=O) groups excluding carboxylic acids is 1. The number of amides is 1. The molecule has 0 saturated heterocycles. The Balaban J connectivity index is 1.75. The molecule has 0 radical (unpaired) electrons. The van der Waals surface area contributed by atoms with E-state index in [2.05, 4.69) is 21.6 Å². The lowest BCUT2D eigenvalue weighted by atomic mass is 10.1. The number of H-pyrrole nitrogens is 2. The van der Waals surface area contributed by atoms with Gasteiger partial charge in [-0.2, -0.15) is 0 Å². The third-order valence-electron chi connectivity index (χ3n) is 4.39. The van der Waals surface area contributed by atoms with Crippen LogP contribution in [0, 0.1) is 0 Å². The molecule has 5 N–H and O–H groups in total. The SMILES string of the molecule is COc1cc2cc3c(Nc4cccc(C(N)=O)c4)[nH][nH]c-3c2cc1OC. The molecule has 26 heavy (non-hydrogen) atoms. The van der Waals surface area contributed by atoms with Crippen molar-refractivity contribution in [2.24, 2.45) is 5.73 Å². The summed E-state index contributed by atoms with van der Waals surface area (Å²) >= 11 is 0. The van der Waals surface area contributed by atoms with E-state index in [-0.39, 0.29) is 0 Å². The van der Waals surface area contributed by atoms with E-state index in [4.69, 9.17) is 15.2 Å². The lowest BCUT2D eigenvalue weighted by molar-refractivity contribution is 0.100. The Morgan fingerprint density at radius 2 is 1.81 bits per heavy atom. The van der Waals surface area contributed by atoms with Gasteiger partial charge in [0.1, 0.15) is 5.82 Å². The first-order chi connectivity index (χ1) is 12.6. The molecule has 0 unspecified atom stereocenters. The van der Waals surface area contributed by atoms with Crippen molar-refractivity contribution in [3.63, 3.8) is 0 Å². The highest BCUT2D eigenvalue weighted by atomic mass is 16.5. The fourth-order valence-electron chi connectivity index (χ4n) is 3.12. The van der Waals surface area contributed by atoms with Crippen LogP contribution in [0.1, 0.15) is 10.4 Å². The summed E-state index contributed by atoms with van der Waals surface area (Å²) in [6, 6.07) is 13.0. The van der Waals surface area contributed by atoms with Crippen LogP contribution in [0.4, 0.5) is 11.5 Å². The lowest BCUT2D eigenvalue weighted by Crippen LogP contribution is -2.10. The summed E-state index contributed by atoms with van der Waals surface area (Å²) in [5.74, 6) is 1.68. The quantitative estimate of drug-likeness (QED) is 0.442. The number of nitrogens with one attached hydrogen (secondary N) is 3. The average molecular weight is 350 g/mol. The Morgan fingerprint density at radius 1 is 1.04 bits per heavy atom. The molecular weight excluding hydrogens is 332 g/mol. The zero-order valence-electron chi connectivity index (χ0n) is 14.3. The van der Waals surface area contributed by atoms with E-state index in [0.717, 1.165) is 33.5 Å². The van der Waals surface area contributed by atoms with Gasteiger partial charge in [0.25, 0.3) is 0 Å². The molecule has 7 heteroatoms. The number of methoxy groups -OCH3 is 2. The number of primary amides is 1. The smallest absolute Gasteiger partial charge is 0.248 e. The lowest BCUT2D eigenvalue weighted by Gasteiger charge is -2.07. The maximum atomic E-state index is 11.4. The van der Waals surface area contributed by atoms with Crippen LogP contribution in [0.2, 0.25) is 0 Å². The Bertz CT molecular complexity index is 1080. The monoisotopic (exact) mass is 350 g/mol. The van der Waals surface area contributed by atoms with Crippen molar-refractivity contribution >= 4 is 28.2 Å². The molecule has 1 amide bonds. The van der Waals surface area contributed by atoms with Crippen molar-refractivity contribution < 1.29 is 14.3 Å². The minimum absolute atomic E-state index is 0.448. The van der Waals surface area contributed by atoms with Crippen molar-refractivity contribution in [2.45, 2.75) is 0 Å². The van der Waals surface area contributed by atoms with Crippen LogP contribution in [-0.4, -0.2) is 30.3 Å². The van der Waals surface area contributed by atoms with Crippen molar-refractivity contribution in [3.05, 3.63) is 48.0 Å². The largest absolute Gasteiger partial charge is 0.493 e.